The second-order valence-corrected chi connectivity index (χ2v) is 5.87. The Morgan fingerprint density at radius 3 is 2.70 bits per heavy atom. The van der Waals surface area contributed by atoms with Crippen LogP contribution in [0.25, 0.3) is 16.7 Å². The van der Waals surface area contributed by atoms with Gasteiger partial charge in [-0.25, -0.2) is 9.97 Å². The number of alkyl halides is 3. The van der Waals surface area contributed by atoms with Gasteiger partial charge in [-0.1, -0.05) is 0 Å². The standard InChI is InChI=1S/C12H5F3N4O3S/c13-12(14,15)23(20,21)22-11-10-17-3-4-19(10)9-2-1-7(6-16)5-8(9)18-11/h1-5H. The Balaban J connectivity index is 2.27. The van der Waals surface area contributed by atoms with Gasteiger partial charge in [-0.2, -0.15) is 26.9 Å². The van der Waals surface area contributed by atoms with Crippen LogP contribution in [-0.4, -0.2) is 28.3 Å². The number of imidazole rings is 1. The van der Waals surface area contributed by atoms with E-state index in [2.05, 4.69) is 14.2 Å². The van der Waals surface area contributed by atoms with E-state index in [4.69, 9.17) is 5.26 Å². The van der Waals surface area contributed by atoms with Crippen LogP contribution in [0.1, 0.15) is 5.56 Å². The Bertz CT molecular complexity index is 1070. The Labute approximate surface area is 126 Å². The smallest absolute Gasteiger partial charge is 0.351 e. The van der Waals surface area contributed by atoms with Crippen molar-refractivity contribution in [3.05, 3.63) is 36.2 Å². The van der Waals surface area contributed by atoms with Gasteiger partial charge in [0.25, 0.3) is 5.88 Å². The van der Waals surface area contributed by atoms with Gasteiger partial charge in [0.15, 0.2) is 0 Å². The minimum absolute atomic E-state index is 0.0851. The van der Waals surface area contributed by atoms with Crippen molar-refractivity contribution in [1.82, 2.24) is 14.4 Å². The van der Waals surface area contributed by atoms with Crippen LogP contribution in [0.15, 0.2) is 30.6 Å². The van der Waals surface area contributed by atoms with Gasteiger partial charge in [0.2, 0.25) is 5.65 Å². The van der Waals surface area contributed by atoms with Crippen LogP contribution >= 0.6 is 0 Å². The lowest BCUT2D eigenvalue weighted by Crippen LogP contribution is -2.28. The largest absolute Gasteiger partial charge is 0.534 e. The number of halogens is 3. The molecule has 0 N–H and O–H groups in total. The van der Waals surface area contributed by atoms with Crippen LogP contribution in [0, 0.1) is 11.3 Å². The minimum atomic E-state index is -5.89. The molecule has 23 heavy (non-hydrogen) atoms. The molecule has 11 heteroatoms. The Kier molecular flexibility index (Phi) is 3.15. The lowest BCUT2D eigenvalue weighted by molar-refractivity contribution is -0.0500. The van der Waals surface area contributed by atoms with E-state index in [1.807, 2.05) is 6.07 Å². The molecule has 0 bridgehead atoms. The highest BCUT2D eigenvalue weighted by Crippen LogP contribution is 2.29. The summed E-state index contributed by atoms with van der Waals surface area (Å²) >= 11 is 0. The maximum atomic E-state index is 12.5. The first-order valence-corrected chi connectivity index (χ1v) is 7.31. The topological polar surface area (TPSA) is 97.3 Å². The van der Waals surface area contributed by atoms with E-state index >= 15 is 0 Å². The molecule has 0 unspecified atom stereocenters. The molecule has 118 valence electrons. The number of fused-ring (bicyclic) bond motifs is 3. The number of benzene rings is 1. The Morgan fingerprint density at radius 1 is 1.30 bits per heavy atom. The average molecular weight is 342 g/mol. The number of nitrogens with zero attached hydrogens (tertiary/aromatic N) is 4. The van der Waals surface area contributed by atoms with Crippen LogP contribution in [0.2, 0.25) is 0 Å². The minimum Gasteiger partial charge on any atom is -0.351 e. The molecule has 7 nitrogen and oxygen atoms in total. The molecule has 0 radical (unpaired) electrons. The zero-order valence-corrected chi connectivity index (χ0v) is 11.8. The van der Waals surface area contributed by atoms with E-state index in [1.165, 1.54) is 35.0 Å². The summed E-state index contributed by atoms with van der Waals surface area (Å²) in [4.78, 5) is 7.50. The van der Waals surface area contributed by atoms with Gasteiger partial charge < -0.3 is 4.18 Å². The van der Waals surface area contributed by atoms with E-state index in [9.17, 15) is 21.6 Å². The normalized spacial score (nSPS) is 12.4. The maximum absolute atomic E-state index is 12.5. The molecule has 0 spiro atoms. The summed E-state index contributed by atoms with van der Waals surface area (Å²) in [5, 5.41) is 8.86. The molecule has 3 aromatic rings. The van der Waals surface area contributed by atoms with E-state index in [0.717, 1.165) is 0 Å². The lowest BCUT2D eigenvalue weighted by atomic mass is 10.2. The number of rotatable bonds is 2. The van der Waals surface area contributed by atoms with Crippen molar-refractivity contribution in [1.29, 1.82) is 5.26 Å². The molecule has 3 rings (SSSR count). The van der Waals surface area contributed by atoms with Crippen LogP contribution in [0.5, 0.6) is 5.88 Å². The fraction of sp³-hybridized carbons (Fsp3) is 0.0833. The molecular weight excluding hydrogens is 337 g/mol. The second-order valence-electron chi connectivity index (χ2n) is 4.34. The predicted molar refractivity (Wildman–Crippen MR) is 70.8 cm³/mol. The molecule has 0 fully saturated rings. The number of hydrogen-bond donors (Lipinski definition) is 0. The first kappa shape index (κ1) is 15.0. The third-order valence-electron chi connectivity index (χ3n) is 2.89. The molecule has 0 amide bonds. The summed E-state index contributed by atoms with van der Waals surface area (Å²) in [5.74, 6) is -0.824. The molecule has 0 saturated carbocycles. The summed E-state index contributed by atoms with van der Waals surface area (Å²) in [6.07, 6.45) is 2.65. The van der Waals surface area contributed by atoms with Crippen LogP contribution in [0.4, 0.5) is 13.2 Å². The van der Waals surface area contributed by atoms with E-state index < -0.39 is 21.5 Å². The van der Waals surface area contributed by atoms with Crippen molar-refractivity contribution in [3.63, 3.8) is 0 Å². The number of nitriles is 1. The Hall–Kier alpha value is -2.87. The fourth-order valence-electron chi connectivity index (χ4n) is 1.91. The van der Waals surface area contributed by atoms with E-state index in [-0.39, 0.29) is 16.7 Å². The number of aromatic nitrogens is 3. The molecule has 0 saturated heterocycles. The number of hydrogen-bond acceptors (Lipinski definition) is 6. The predicted octanol–water partition coefficient (Wildman–Crippen LogP) is 1.98. The molecule has 0 aliphatic heterocycles. The first-order chi connectivity index (χ1) is 10.7. The monoisotopic (exact) mass is 342 g/mol. The van der Waals surface area contributed by atoms with Gasteiger partial charge in [0.05, 0.1) is 22.7 Å². The zero-order valence-electron chi connectivity index (χ0n) is 10.9. The highest BCUT2D eigenvalue weighted by atomic mass is 32.2. The van der Waals surface area contributed by atoms with Gasteiger partial charge in [-0.15, -0.1) is 0 Å². The molecule has 1 aromatic carbocycles. The highest BCUT2D eigenvalue weighted by Gasteiger charge is 2.49. The van der Waals surface area contributed by atoms with Crippen molar-refractivity contribution in [2.75, 3.05) is 0 Å². The summed E-state index contributed by atoms with van der Waals surface area (Å²) < 4.78 is 65.1. The van der Waals surface area contributed by atoms with Crippen molar-refractivity contribution in [2.24, 2.45) is 0 Å². The first-order valence-electron chi connectivity index (χ1n) is 5.90. The summed E-state index contributed by atoms with van der Waals surface area (Å²) in [6, 6.07) is 6.14. The Morgan fingerprint density at radius 2 is 2.04 bits per heavy atom. The third kappa shape index (κ3) is 2.42. The van der Waals surface area contributed by atoms with Crippen molar-refractivity contribution >= 4 is 26.8 Å². The third-order valence-corrected chi connectivity index (χ3v) is 3.83. The molecular formula is C12H5F3N4O3S. The fourth-order valence-corrected chi connectivity index (χ4v) is 2.32. The SMILES string of the molecule is N#Cc1ccc2c(c1)nc(OS(=O)(=O)C(F)(F)F)c1nccn12. The highest BCUT2D eigenvalue weighted by molar-refractivity contribution is 7.88. The second kappa shape index (κ2) is 4.82. The molecule has 2 heterocycles. The van der Waals surface area contributed by atoms with Gasteiger partial charge in [-0.05, 0) is 18.2 Å². The molecule has 0 atom stereocenters. The summed E-state index contributed by atoms with van der Waals surface area (Å²) in [5.41, 5.74) is -5.08. The van der Waals surface area contributed by atoms with Crippen LogP contribution < -0.4 is 4.18 Å². The van der Waals surface area contributed by atoms with Gasteiger partial charge in [-0.3, -0.25) is 4.40 Å². The summed E-state index contributed by atoms with van der Waals surface area (Å²) in [7, 11) is -5.89. The summed E-state index contributed by atoms with van der Waals surface area (Å²) in [6.45, 7) is 0. The van der Waals surface area contributed by atoms with Gasteiger partial charge in [0, 0.05) is 12.4 Å². The lowest BCUT2D eigenvalue weighted by Gasteiger charge is -2.10. The molecule has 0 aliphatic rings. The van der Waals surface area contributed by atoms with E-state index in [1.54, 1.807) is 0 Å². The average Bonchev–Trinajstić information content (AvgIpc) is 2.95. The molecule has 0 aliphatic carbocycles. The quantitative estimate of drug-likeness (QED) is 0.522. The van der Waals surface area contributed by atoms with Gasteiger partial charge >= 0.3 is 15.6 Å². The molecule has 2 aromatic heterocycles. The van der Waals surface area contributed by atoms with Crippen LogP contribution in [-0.2, 0) is 10.1 Å². The maximum Gasteiger partial charge on any atom is 0.534 e. The van der Waals surface area contributed by atoms with Gasteiger partial charge in [0.1, 0.15) is 0 Å². The zero-order chi connectivity index (χ0) is 16.8. The van der Waals surface area contributed by atoms with Crippen molar-refractivity contribution in [3.8, 4) is 11.9 Å². The van der Waals surface area contributed by atoms with Crippen molar-refractivity contribution in [2.45, 2.75) is 5.51 Å². The van der Waals surface area contributed by atoms with E-state index in [0.29, 0.717) is 5.52 Å². The van der Waals surface area contributed by atoms with Crippen LogP contribution in [0.3, 0.4) is 0 Å². The van der Waals surface area contributed by atoms with Crippen molar-refractivity contribution < 1.29 is 25.8 Å².